The van der Waals surface area contributed by atoms with Gasteiger partial charge in [0.25, 0.3) is 0 Å². The Labute approximate surface area is 68.0 Å². The molecule has 0 radical (unpaired) electrons. The first kappa shape index (κ1) is 8.56. The van der Waals surface area contributed by atoms with Crippen LogP contribution in [0, 0.1) is 0 Å². The Morgan fingerprint density at radius 1 is 1.45 bits per heavy atom. The van der Waals surface area contributed by atoms with Crippen LogP contribution in [0.15, 0.2) is 12.3 Å². The summed E-state index contributed by atoms with van der Waals surface area (Å²) >= 11 is 0. The molecule has 1 aliphatic rings. The van der Waals surface area contributed by atoms with Crippen molar-refractivity contribution in [2.24, 2.45) is 0 Å². The van der Waals surface area contributed by atoms with Gasteiger partial charge in [-0.1, -0.05) is 6.08 Å². The van der Waals surface area contributed by atoms with Crippen LogP contribution in [0.5, 0.6) is 0 Å². The highest BCUT2D eigenvalue weighted by molar-refractivity contribution is 4.74. The Bertz CT molecular complexity index is 119. The van der Waals surface area contributed by atoms with Crippen LogP contribution in [0.4, 0.5) is 0 Å². The average Bonchev–Trinajstić information content (AvgIpc) is 2.07. The fourth-order valence-electron chi connectivity index (χ4n) is 1.06. The van der Waals surface area contributed by atoms with Crippen molar-refractivity contribution >= 4 is 0 Å². The van der Waals surface area contributed by atoms with E-state index in [4.69, 9.17) is 4.74 Å². The molecule has 64 valence electrons. The van der Waals surface area contributed by atoms with Gasteiger partial charge in [0.15, 0.2) is 0 Å². The van der Waals surface area contributed by atoms with E-state index in [1.165, 1.54) is 0 Å². The molecule has 0 aromatic heterocycles. The molecule has 3 nitrogen and oxygen atoms in total. The van der Waals surface area contributed by atoms with Crippen molar-refractivity contribution in [2.45, 2.75) is 6.92 Å². The molecule has 3 heteroatoms. The van der Waals surface area contributed by atoms with Crippen LogP contribution in [0.1, 0.15) is 6.92 Å². The van der Waals surface area contributed by atoms with Crippen LogP contribution >= 0.6 is 0 Å². The molecule has 11 heavy (non-hydrogen) atoms. The largest absolute Gasteiger partial charge is 0.379 e. The maximum atomic E-state index is 5.22. The smallest absolute Gasteiger partial charge is 0.0674 e. The molecule has 0 unspecified atom stereocenters. The summed E-state index contributed by atoms with van der Waals surface area (Å²) in [6.45, 7) is 6.78. The predicted octanol–water partition coefficient (Wildman–Crippen LogP) is 0.399. The van der Waals surface area contributed by atoms with Gasteiger partial charge in [0.1, 0.15) is 0 Å². The van der Waals surface area contributed by atoms with Crippen LogP contribution in [-0.4, -0.2) is 37.9 Å². The molecule has 1 aliphatic heterocycles. The van der Waals surface area contributed by atoms with Gasteiger partial charge in [0.2, 0.25) is 0 Å². The summed E-state index contributed by atoms with van der Waals surface area (Å²) < 4.78 is 5.22. The maximum absolute atomic E-state index is 5.22. The minimum absolute atomic E-state index is 0.873. The van der Waals surface area contributed by atoms with E-state index in [1.54, 1.807) is 0 Å². The fraction of sp³-hybridized carbons (Fsp3) is 0.750. The Kier molecular flexibility index (Phi) is 4.01. The number of ether oxygens (including phenoxy) is 1. The number of rotatable bonds is 3. The van der Waals surface area contributed by atoms with Crippen LogP contribution in [0.25, 0.3) is 0 Å². The van der Waals surface area contributed by atoms with Crippen molar-refractivity contribution in [3.63, 3.8) is 0 Å². The summed E-state index contributed by atoms with van der Waals surface area (Å²) in [6, 6.07) is 0. The van der Waals surface area contributed by atoms with Crippen molar-refractivity contribution in [2.75, 3.05) is 33.0 Å². The fourth-order valence-corrected chi connectivity index (χ4v) is 1.06. The third-order valence-electron chi connectivity index (χ3n) is 1.70. The summed E-state index contributed by atoms with van der Waals surface area (Å²) in [5.41, 5.74) is 0. The first-order valence-electron chi connectivity index (χ1n) is 4.08. The second kappa shape index (κ2) is 5.16. The van der Waals surface area contributed by atoms with Crippen LogP contribution in [0.3, 0.4) is 0 Å². The molecule has 0 amide bonds. The monoisotopic (exact) mass is 156 g/mol. The van der Waals surface area contributed by atoms with E-state index in [0.29, 0.717) is 0 Å². The topological polar surface area (TPSA) is 24.5 Å². The minimum atomic E-state index is 0.873. The molecule has 1 N–H and O–H groups in total. The molecule has 1 rings (SSSR count). The zero-order valence-corrected chi connectivity index (χ0v) is 7.05. The minimum Gasteiger partial charge on any atom is -0.379 e. The molecule has 0 aromatic carbocycles. The van der Waals surface area contributed by atoms with E-state index in [-0.39, 0.29) is 0 Å². The zero-order valence-electron chi connectivity index (χ0n) is 7.05. The first-order chi connectivity index (χ1) is 5.43. The van der Waals surface area contributed by atoms with Gasteiger partial charge in [0, 0.05) is 13.1 Å². The molecule has 0 bridgehead atoms. The quantitative estimate of drug-likeness (QED) is 0.640. The second-order valence-corrected chi connectivity index (χ2v) is 2.59. The number of nitrogens with zero attached hydrogens (tertiary/aromatic N) is 1. The van der Waals surface area contributed by atoms with Gasteiger partial charge in [-0.05, 0) is 13.1 Å². The number of nitrogens with one attached hydrogen (secondary N) is 1. The summed E-state index contributed by atoms with van der Waals surface area (Å²) in [6.07, 6.45) is 3.97. The highest BCUT2D eigenvalue weighted by Crippen LogP contribution is 1.93. The molecule has 0 saturated carbocycles. The Balaban J connectivity index is 2.04. The zero-order chi connectivity index (χ0) is 7.94. The second-order valence-electron chi connectivity index (χ2n) is 2.59. The lowest BCUT2D eigenvalue weighted by Gasteiger charge is -2.26. The lowest BCUT2D eigenvalue weighted by molar-refractivity contribution is 0.0359. The number of hydrogen-bond acceptors (Lipinski definition) is 3. The summed E-state index contributed by atoms with van der Waals surface area (Å²) in [5.74, 6) is 0. The van der Waals surface area contributed by atoms with Gasteiger partial charge in [-0.2, -0.15) is 0 Å². The Morgan fingerprint density at radius 2 is 2.18 bits per heavy atom. The van der Waals surface area contributed by atoms with Gasteiger partial charge in [-0.15, -0.1) is 0 Å². The SMILES string of the molecule is CC=CNCN1CCOCC1. The molecular weight excluding hydrogens is 140 g/mol. The Hall–Kier alpha value is -0.540. The van der Waals surface area contributed by atoms with Gasteiger partial charge in [0.05, 0.1) is 19.9 Å². The van der Waals surface area contributed by atoms with E-state index in [0.717, 1.165) is 33.0 Å². The number of allylic oxidation sites excluding steroid dienone is 1. The molecule has 1 heterocycles. The van der Waals surface area contributed by atoms with Crippen molar-refractivity contribution in [3.8, 4) is 0 Å². The van der Waals surface area contributed by atoms with Crippen LogP contribution in [0.2, 0.25) is 0 Å². The summed E-state index contributed by atoms with van der Waals surface area (Å²) in [5, 5.41) is 3.19. The molecule has 0 aromatic rings. The first-order valence-corrected chi connectivity index (χ1v) is 4.08. The standard InChI is InChI=1S/C8H16N2O/c1-2-3-9-8-10-4-6-11-7-5-10/h2-3,9H,4-8H2,1H3. The van der Waals surface area contributed by atoms with Crippen molar-refractivity contribution in [1.29, 1.82) is 0 Å². The predicted molar refractivity (Wildman–Crippen MR) is 45.2 cm³/mol. The maximum Gasteiger partial charge on any atom is 0.0674 e. The van der Waals surface area contributed by atoms with Crippen LogP contribution < -0.4 is 5.32 Å². The highest BCUT2D eigenvalue weighted by atomic mass is 16.5. The molecule has 0 spiro atoms. The molecule has 0 atom stereocenters. The van der Waals surface area contributed by atoms with E-state index in [1.807, 2.05) is 19.2 Å². The molecule has 0 aliphatic carbocycles. The third kappa shape index (κ3) is 3.39. The molecular formula is C8H16N2O. The number of hydrogen-bond donors (Lipinski definition) is 1. The summed E-state index contributed by atoms with van der Waals surface area (Å²) in [7, 11) is 0. The highest BCUT2D eigenvalue weighted by Gasteiger charge is 2.07. The van der Waals surface area contributed by atoms with Gasteiger partial charge in [-0.25, -0.2) is 0 Å². The molecule has 1 fully saturated rings. The number of morpholine rings is 1. The Morgan fingerprint density at radius 3 is 2.82 bits per heavy atom. The van der Waals surface area contributed by atoms with Crippen molar-refractivity contribution in [1.82, 2.24) is 10.2 Å². The molecule has 1 saturated heterocycles. The lowest BCUT2D eigenvalue weighted by atomic mass is 10.4. The van der Waals surface area contributed by atoms with Crippen molar-refractivity contribution in [3.05, 3.63) is 12.3 Å². The van der Waals surface area contributed by atoms with Crippen molar-refractivity contribution < 1.29 is 4.74 Å². The lowest BCUT2D eigenvalue weighted by Crippen LogP contribution is -2.40. The van der Waals surface area contributed by atoms with Gasteiger partial charge < -0.3 is 10.1 Å². The van der Waals surface area contributed by atoms with E-state index in [9.17, 15) is 0 Å². The van der Waals surface area contributed by atoms with Gasteiger partial charge >= 0.3 is 0 Å². The normalized spacial score (nSPS) is 20.8. The van der Waals surface area contributed by atoms with E-state index < -0.39 is 0 Å². The van der Waals surface area contributed by atoms with E-state index in [2.05, 4.69) is 10.2 Å². The summed E-state index contributed by atoms with van der Waals surface area (Å²) in [4.78, 5) is 2.34. The van der Waals surface area contributed by atoms with E-state index >= 15 is 0 Å². The van der Waals surface area contributed by atoms with Crippen LogP contribution in [-0.2, 0) is 4.74 Å². The van der Waals surface area contributed by atoms with Gasteiger partial charge in [-0.3, -0.25) is 4.90 Å². The average molecular weight is 156 g/mol. The third-order valence-corrected chi connectivity index (χ3v) is 1.70.